The van der Waals surface area contributed by atoms with Crippen LogP contribution in [0.15, 0.2) is 261 Å². The number of nitrogens with one attached hydrogen (secondary N) is 2. The second-order valence-electron chi connectivity index (χ2n) is 27.9. The Bertz CT molecular complexity index is 6410. The minimum absolute atomic E-state index is 0.00288. The number of aromatic hydroxyl groups is 8. The van der Waals surface area contributed by atoms with Crippen molar-refractivity contribution in [1.29, 1.82) is 10.8 Å². The molecule has 16 rings (SSSR count). The van der Waals surface area contributed by atoms with Gasteiger partial charge in [0.1, 0.15) is 46.0 Å². The van der Waals surface area contributed by atoms with Crippen LogP contribution in [0.4, 0.5) is 5.69 Å². The van der Waals surface area contributed by atoms with Gasteiger partial charge in [0, 0.05) is 27.9 Å². The Morgan fingerprint density at radius 1 is 0.260 bits per heavy atom. The van der Waals surface area contributed by atoms with Crippen molar-refractivity contribution in [2.75, 3.05) is 34.2 Å². The molecule has 33 heteroatoms. The van der Waals surface area contributed by atoms with Gasteiger partial charge in [-0.15, -0.1) is 0 Å². The molecule has 4 heterocycles. The van der Waals surface area contributed by atoms with Crippen molar-refractivity contribution in [1.82, 2.24) is 59.8 Å². The number of ether oxygens (including phenoxy) is 4. The summed E-state index contributed by atoms with van der Waals surface area (Å²) in [6.45, 7) is 7.47. The standard InChI is InChI=1S/C25H21N3O4.2C24H19N3O4.C23H18N4O4.2CHNO/c1-14-12-15(2)21(20(30)13-14)24-27-22(16-8-10-17(11-9-16)25(31)32-3)26-23(28-24)18-6-4-5-7-19(18)29;2*1-14-6-5-9-19(29)20(14)23-26-21(15-10-12-16(13-11-15)24(30)31-2)25-22(27-23)17-7-3-4-8-18(17)28;1-31-23(30)14-11-9-13(10-12-14)20-25-21(15-5-2-3-7-17(15)28)27-22(26-20)19-16(24)6-4-8-18(19)29;2*2-1-3/h4-13,29-30H,1-3H3;2*3-13,28-29H,1-2H3;2-12,28-29H,24H2,1H3;2*2H. The number of benzene rings is 12. The summed E-state index contributed by atoms with van der Waals surface area (Å²) in [7, 11) is 5.27. The summed E-state index contributed by atoms with van der Waals surface area (Å²) in [6.07, 6.45) is 1.50. The molecule has 33 nitrogen and oxygen atoms in total. The monoisotopic (exact) mass is 1750 g/mol. The van der Waals surface area contributed by atoms with E-state index in [0.29, 0.717) is 107 Å². The molecule has 4 aromatic heterocycles. The minimum Gasteiger partial charge on any atom is -0.507 e. The van der Waals surface area contributed by atoms with Crippen LogP contribution in [0.25, 0.3) is 137 Å². The number of carbonyl (C=O) groups excluding carboxylic acids is 6. The van der Waals surface area contributed by atoms with Crippen LogP contribution in [0.2, 0.25) is 0 Å². The molecule has 0 atom stereocenters. The number of esters is 4. The predicted molar refractivity (Wildman–Crippen MR) is 483 cm³/mol. The number of carbonyl (C=O) groups is 4. The molecule has 0 aliphatic carbocycles. The number of nitrogens with two attached hydrogens (primary N) is 1. The summed E-state index contributed by atoms with van der Waals surface area (Å²) in [5.41, 5.74) is 17.2. The number of phenols is 8. The van der Waals surface area contributed by atoms with Crippen LogP contribution in [-0.2, 0) is 28.5 Å². The lowest BCUT2D eigenvalue weighted by atomic mass is 10.0. The molecule has 0 spiro atoms. The number of phenolic OH excluding ortho intramolecular Hbond substituents is 8. The molecular weight excluding hydrogens is 1680 g/mol. The van der Waals surface area contributed by atoms with Gasteiger partial charge >= 0.3 is 23.9 Å². The quantitative estimate of drug-likeness (QED) is 0.0141. The van der Waals surface area contributed by atoms with E-state index in [1.165, 1.54) is 40.6 Å². The average molecular weight is 1750 g/mol. The van der Waals surface area contributed by atoms with E-state index in [-0.39, 0.29) is 104 Å². The smallest absolute Gasteiger partial charge is 0.337 e. The van der Waals surface area contributed by atoms with Gasteiger partial charge in [-0.2, -0.15) is 0 Å². The molecule has 0 saturated carbocycles. The zero-order valence-electron chi connectivity index (χ0n) is 70.9. The molecule has 0 saturated heterocycles. The number of rotatable bonds is 16. The zero-order valence-corrected chi connectivity index (χ0v) is 70.9. The van der Waals surface area contributed by atoms with Crippen molar-refractivity contribution in [3.63, 3.8) is 0 Å². The maximum atomic E-state index is 11.8. The first-order chi connectivity index (χ1) is 63.1. The van der Waals surface area contributed by atoms with Gasteiger partial charge < -0.3 is 65.5 Å². The molecular formula is C98H79N15O18. The third-order valence-electron chi connectivity index (χ3n) is 19.3. The van der Waals surface area contributed by atoms with E-state index in [1.54, 1.807) is 231 Å². The van der Waals surface area contributed by atoms with Crippen molar-refractivity contribution in [3.05, 3.63) is 305 Å². The Hall–Kier alpha value is -18.5. The highest BCUT2D eigenvalue weighted by molar-refractivity contribution is 5.93. The van der Waals surface area contributed by atoms with Crippen molar-refractivity contribution in [2.24, 2.45) is 0 Å². The molecule has 0 bridgehead atoms. The predicted octanol–water partition coefficient (Wildman–Crippen LogP) is 16.9. The van der Waals surface area contributed by atoms with E-state index in [4.69, 9.17) is 45.1 Å². The van der Waals surface area contributed by atoms with Crippen LogP contribution >= 0.6 is 0 Å². The molecule has 12 N–H and O–H groups in total. The van der Waals surface area contributed by atoms with Crippen LogP contribution in [-0.4, -0.2) is 165 Å². The van der Waals surface area contributed by atoms with E-state index in [2.05, 4.69) is 59.8 Å². The topological polar surface area (TPSA) is 530 Å². The van der Waals surface area contributed by atoms with Crippen LogP contribution in [0.3, 0.4) is 0 Å². The first-order valence-electron chi connectivity index (χ1n) is 39.1. The average Bonchev–Trinajstić information content (AvgIpc) is 0.796. The molecule has 654 valence electrons. The number of anilines is 1. The normalized spacial score (nSPS) is 10.3. The third-order valence-corrected chi connectivity index (χ3v) is 19.3. The maximum absolute atomic E-state index is 11.8. The number of aryl methyl sites for hydroxylation is 4. The Morgan fingerprint density at radius 3 is 0.710 bits per heavy atom. The van der Waals surface area contributed by atoms with Crippen LogP contribution < -0.4 is 5.73 Å². The fourth-order valence-electron chi connectivity index (χ4n) is 13.0. The van der Waals surface area contributed by atoms with E-state index < -0.39 is 23.9 Å². The summed E-state index contributed by atoms with van der Waals surface area (Å²) < 4.78 is 19.0. The highest BCUT2D eigenvalue weighted by atomic mass is 16.5. The third kappa shape index (κ3) is 22.6. The number of hydrogen-bond acceptors (Lipinski definition) is 33. The molecule has 16 aromatic rings. The Morgan fingerprint density at radius 2 is 0.473 bits per heavy atom. The number of aromatic nitrogens is 12. The van der Waals surface area contributed by atoms with Gasteiger partial charge in [-0.1, -0.05) is 133 Å². The molecule has 12 aromatic carbocycles. The van der Waals surface area contributed by atoms with E-state index >= 15 is 0 Å². The summed E-state index contributed by atoms with van der Waals surface area (Å²) >= 11 is 0. The number of para-hydroxylation sites is 4. The van der Waals surface area contributed by atoms with Crippen molar-refractivity contribution >= 4 is 41.7 Å². The van der Waals surface area contributed by atoms with Crippen LogP contribution in [0.5, 0.6) is 46.0 Å². The van der Waals surface area contributed by atoms with Gasteiger partial charge in [0.25, 0.3) is 0 Å². The van der Waals surface area contributed by atoms with Gasteiger partial charge in [0.2, 0.25) is 12.2 Å². The van der Waals surface area contributed by atoms with Crippen LogP contribution in [0, 0.1) is 38.5 Å². The SMILES string of the molecule is COC(=O)c1ccc(-c2nc(-c3ccccc3O)nc(-c3c(C)cc(C)cc3O)n2)cc1.COC(=O)c1ccc(-c2nc(-c3ccccc3O)nc(-c3c(C)cccc3O)n2)cc1.COC(=O)c1ccc(-c2nc(-c3ccccc3O)nc(-c3c(C)cccc3O)n2)cc1.COC(=O)c1ccc(-c2nc(-c3ccccc3O)nc(-c3c(N)cccc3O)n2)cc1.N=C=O.N=C=O. The Kier molecular flexibility index (Phi) is 30.8. The molecule has 0 unspecified atom stereocenters. The first kappa shape index (κ1) is 93.2. The van der Waals surface area contributed by atoms with Gasteiger partial charge in [0.15, 0.2) is 69.9 Å². The lowest BCUT2D eigenvalue weighted by Gasteiger charge is -2.12. The fourth-order valence-corrected chi connectivity index (χ4v) is 13.0. The number of hydrogen-bond donors (Lipinski definition) is 11. The lowest BCUT2D eigenvalue weighted by molar-refractivity contribution is 0.0592. The Balaban J connectivity index is 0.000000165. The number of nitrogen functional groups attached to an aromatic ring is 1. The lowest BCUT2D eigenvalue weighted by Crippen LogP contribution is -2.03. The van der Waals surface area contributed by atoms with Crippen LogP contribution in [0.1, 0.15) is 63.7 Å². The largest absolute Gasteiger partial charge is 0.507 e. The van der Waals surface area contributed by atoms with E-state index in [9.17, 15) is 60.0 Å². The second-order valence-corrected chi connectivity index (χ2v) is 27.9. The van der Waals surface area contributed by atoms with E-state index in [1.807, 2.05) is 45.9 Å². The van der Waals surface area contributed by atoms with Crippen molar-refractivity contribution in [3.8, 4) is 183 Å². The summed E-state index contributed by atoms with van der Waals surface area (Å²) in [4.78, 5) is 118. The molecule has 0 aliphatic rings. The summed E-state index contributed by atoms with van der Waals surface area (Å²) in [5, 5.41) is 94.0. The highest BCUT2D eigenvalue weighted by Gasteiger charge is 2.25. The van der Waals surface area contributed by atoms with Gasteiger partial charge in [-0.3, -0.25) is 0 Å². The van der Waals surface area contributed by atoms with Crippen molar-refractivity contribution < 1.29 is 88.6 Å². The number of methoxy groups -OCH3 is 4. The van der Waals surface area contributed by atoms with Gasteiger partial charge in [-0.05, 0) is 177 Å². The highest BCUT2D eigenvalue weighted by Crippen LogP contribution is 2.41. The van der Waals surface area contributed by atoms with E-state index in [0.717, 1.165) is 34.4 Å². The first-order valence-corrected chi connectivity index (χ1v) is 39.1. The summed E-state index contributed by atoms with van der Waals surface area (Å²) in [5.74, 6) is 1.62. The molecule has 0 fully saturated rings. The molecule has 131 heavy (non-hydrogen) atoms. The zero-order chi connectivity index (χ0) is 94.1. The van der Waals surface area contributed by atoms with Crippen molar-refractivity contribution in [2.45, 2.75) is 27.7 Å². The van der Waals surface area contributed by atoms with Gasteiger partial charge in [-0.25, -0.2) is 99.4 Å². The fraction of sp³-hybridized carbons (Fsp3) is 0.0816. The summed E-state index contributed by atoms with van der Waals surface area (Å²) in [6, 6.07) is 72.0. The minimum atomic E-state index is -0.459. The Labute approximate surface area is 747 Å². The molecule has 0 amide bonds. The second kappa shape index (κ2) is 43.2. The number of nitrogens with zero attached hydrogens (tertiary/aromatic N) is 12. The van der Waals surface area contributed by atoms with Gasteiger partial charge in [0.05, 0.1) is 95.2 Å². The number of isocyanates is 2. The maximum Gasteiger partial charge on any atom is 0.337 e. The molecule has 0 radical (unpaired) electrons. The molecule has 0 aliphatic heterocycles.